The zero-order chi connectivity index (χ0) is 15.4. The Morgan fingerprint density at radius 2 is 1.95 bits per heavy atom. The fourth-order valence-electron chi connectivity index (χ4n) is 2.64. The van der Waals surface area contributed by atoms with Crippen LogP contribution in [0.5, 0.6) is 0 Å². The molecule has 0 saturated carbocycles. The Kier molecular flexibility index (Phi) is 4.87. The van der Waals surface area contributed by atoms with Gasteiger partial charge in [0.2, 0.25) is 10.0 Å². The first-order valence-electron chi connectivity index (χ1n) is 7.30. The van der Waals surface area contributed by atoms with Crippen LogP contribution in [0.15, 0.2) is 46.9 Å². The molecular weight excluding hydrogens is 318 g/mol. The third-order valence-corrected chi connectivity index (χ3v) is 6.13. The Morgan fingerprint density at radius 1 is 1.23 bits per heavy atom. The molecule has 1 aliphatic heterocycles. The third-order valence-electron chi connectivity index (χ3n) is 3.83. The summed E-state index contributed by atoms with van der Waals surface area (Å²) in [6.07, 6.45) is 3.57. The van der Waals surface area contributed by atoms with Gasteiger partial charge in [0, 0.05) is 36.8 Å². The van der Waals surface area contributed by atoms with Crippen molar-refractivity contribution >= 4 is 21.4 Å². The summed E-state index contributed by atoms with van der Waals surface area (Å²) in [5, 5.41) is 0. The van der Waals surface area contributed by atoms with Gasteiger partial charge in [0.05, 0.1) is 10.4 Å². The minimum Gasteiger partial charge on any atom is -0.298 e. The van der Waals surface area contributed by atoms with E-state index in [1.807, 2.05) is 17.8 Å². The lowest BCUT2D eigenvalue weighted by molar-refractivity contribution is 0.201. The maximum atomic E-state index is 12.3. The fourth-order valence-corrected chi connectivity index (χ4v) is 4.60. The van der Waals surface area contributed by atoms with Crippen LogP contribution in [0.1, 0.15) is 17.7 Å². The summed E-state index contributed by atoms with van der Waals surface area (Å²) in [6.45, 7) is 2.71. The molecule has 1 N–H and O–H groups in total. The van der Waals surface area contributed by atoms with Crippen LogP contribution in [0, 0.1) is 0 Å². The van der Waals surface area contributed by atoms with E-state index in [4.69, 9.17) is 0 Å². The maximum absolute atomic E-state index is 12.3. The van der Waals surface area contributed by atoms with Crippen LogP contribution >= 0.6 is 11.3 Å². The van der Waals surface area contributed by atoms with Gasteiger partial charge in [0.15, 0.2) is 0 Å². The maximum Gasteiger partial charge on any atom is 0.240 e. The molecule has 3 rings (SSSR count). The molecule has 1 aromatic heterocycles. The van der Waals surface area contributed by atoms with E-state index in [0.29, 0.717) is 4.90 Å². The number of hydrogen-bond acceptors (Lipinski definition) is 5. The number of hydrogen-bond donors (Lipinski definition) is 1. The van der Waals surface area contributed by atoms with Gasteiger partial charge in [-0.1, -0.05) is 18.2 Å². The highest BCUT2D eigenvalue weighted by molar-refractivity contribution is 7.89. The Balaban J connectivity index is 1.54. The number of benzene rings is 1. The van der Waals surface area contributed by atoms with Crippen molar-refractivity contribution in [2.45, 2.75) is 30.3 Å². The number of thiazole rings is 1. The van der Waals surface area contributed by atoms with E-state index >= 15 is 0 Å². The number of rotatable bonds is 5. The van der Waals surface area contributed by atoms with Crippen molar-refractivity contribution in [3.05, 3.63) is 46.9 Å². The van der Waals surface area contributed by atoms with Crippen LogP contribution in [0.25, 0.3) is 0 Å². The molecule has 2 aromatic rings. The fraction of sp³-hybridized carbons (Fsp3) is 0.400. The second-order valence-corrected chi connectivity index (χ2v) is 8.14. The van der Waals surface area contributed by atoms with Crippen molar-refractivity contribution in [3.8, 4) is 0 Å². The molecule has 7 heteroatoms. The molecule has 0 atom stereocenters. The van der Waals surface area contributed by atoms with Gasteiger partial charge in [-0.15, -0.1) is 11.3 Å². The molecule has 0 spiro atoms. The molecular formula is C15H19N3O2S2. The molecule has 0 aliphatic carbocycles. The molecule has 2 heterocycles. The summed E-state index contributed by atoms with van der Waals surface area (Å²) in [5.74, 6) is 0. The van der Waals surface area contributed by atoms with E-state index in [-0.39, 0.29) is 6.04 Å². The second kappa shape index (κ2) is 6.87. The summed E-state index contributed by atoms with van der Waals surface area (Å²) in [7, 11) is -3.40. The van der Waals surface area contributed by atoms with Crippen molar-refractivity contribution in [2.24, 2.45) is 0 Å². The average Bonchev–Trinajstić information content (AvgIpc) is 3.03. The molecule has 1 saturated heterocycles. The summed E-state index contributed by atoms with van der Waals surface area (Å²) in [5.41, 5.74) is 1.84. The SMILES string of the molecule is O=S(=O)(NC1CCN(Cc2cncs2)CC1)c1ccccc1. The van der Waals surface area contributed by atoms with E-state index in [1.54, 1.807) is 35.6 Å². The topological polar surface area (TPSA) is 62.3 Å². The molecule has 22 heavy (non-hydrogen) atoms. The molecule has 0 bridgehead atoms. The van der Waals surface area contributed by atoms with Crippen LogP contribution in [0.3, 0.4) is 0 Å². The molecule has 0 unspecified atom stereocenters. The smallest absolute Gasteiger partial charge is 0.240 e. The summed E-state index contributed by atoms with van der Waals surface area (Å²) >= 11 is 1.66. The predicted octanol–water partition coefficient (Wildman–Crippen LogP) is 2.09. The second-order valence-electron chi connectivity index (χ2n) is 5.45. The summed E-state index contributed by atoms with van der Waals surface area (Å²) in [6, 6.07) is 8.57. The molecule has 0 radical (unpaired) electrons. The lowest BCUT2D eigenvalue weighted by Gasteiger charge is -2.31. The Bertz CT molecular complexity index is 679. The van der Waals surface area contributed by atoms with Crippen LogP contribution < -0.4 is 4.72 Å². The van der Waals surface area contributed by atoms with Crippen molar-refractivity contribution in [1.29, 1.82) is 0 Å². The Morgan fingerprint density at radius 3 is 2.59 bits per heavy atom. The largest absolute Gasteiger partial charge is 0.298 e. The quantitative estimate of drug-likeness (QED) is 0.907. The zero-order valence-corrected chi connectivity index (χ0v) is 13.8. The summed E-state index contributed by atoms with van der Waals surface area (Å²) in [4.78, 5) is 8.02. The first-order valence-corrected chi connectivity index (χ1v) is 9.67. The van der Waals surface area contributed by atoms with Crippen LogP contribution in [-0.4, -0.2) is 37.4 Å². The highest BCUT2D eigenvalue weighted by Gasteiger charge is 2.24. The van der Waals surface area contributed by atoms with Gasteiger partial charge in [-0.05, 0) is 25.0 Å². The molecule has 1 aromatic carbocycles. The van der Waals surface area contributed by atoms with E-state index in [0.717, 1.165) is 32.5 Å². The third kappa shape index (κ3) is 3.92. The van der Waals surface area contributed by atoms with Gasteiger partial charge in [-0.3, -0.25) is 9.88 Å². The lowest BCUT2D eigenvalue weighted by Crippen LogP contribution is -2.44. The minimum absolute atomic E-state index is 0.0166. The number of nitrogens with zero attached hydrogens (tertiary/aromatic N) is 2. The molecule has 1 fully saturated rings. The number of sulfonamides is 1. The predicted molar refractivity (Wildman–Crippen MR) is 87.2 cm³/mol. The van der Waals surface area contributed by atoms with Crippen molar-refractivity contribution < 1.29 is 8.42 Å². The van der Waals surface area contributed by atoms with Gasteiger partial charge in [0.25, 0.3) is 0 Å². The van der Waals surface area contributed by atoms with Gasteiger partial charge in [0.1, 0.15) is 0 Å². The summed E-state index contributed by atoms with van der Waals surface area (Å²) < 4.78 is 27.4. The monoisotopic (exact) mass is 337 g/mol. The lowest BCUT2D eigenvalue weighted by atomic mass is 10.1. The van der Waals surface area contributed by atoms with Crippen LogP contribution in [0.4, 0.5) is 0 Å². The molecule has 1 aliphatic rings. The van der Waals surface area contributed by atoms with Gasteiger partial charge < -0.3 is 0 Å². The molecule has 5 nitrogen and oxygen atoms in total. The number of likely N-dealkylation sites (tertiary alicyclic amines) is 1. The minimum atomic E-state index is -3.40. The van der Waals surface area contributed by atoms with Crippen molar-refractivity contribution in [2.75, 3.05) is 13.1 Å². The first kappa shape index (κ1) is 15.6. The van der Waals surface area contributed by atoms with Gasteiger partial charge in [-0.2, -0.15) is 0 Å². The molecule has 118 valence electrons. The number of aromatic nitrogens is 1. The highest BCUT2D eigenvalue weighted by Crippen LogP contribution is 2.17. The Labute approximate surface area is 135 Å². The first-order chi connectivity index (χ1) is 10.6. The average molecular weight is 337 g/mol. The number of nitrogens with one attached hydrogen (secondary N) is 1. The van der Waals surface area contributed by atoms with Gasteiger partial charge in [-0.25, -0.2) is 13.1 Å². The standard InChI is InChI=1S/C15H19N3O2S2/c19-22(20,15-4-2-1-3-5-15)17-13-6-8-18(9-7-13)11-14-10-16-12-21-14/h1-5,10,12-13,17H,6-9,11H2. The van der Waals surface area contributed by atoms with E-state index in [9.17, 15) is 8.42 Å². The molecule has 0 amide bonds. The highest BCUT2D eigenvalue weighted by atomic mass is 32.2. The van der Waals surface area contributed by atoms with E-state index in [1.165, 1.54) is 4.88 Å². The normalized spacial score (nSPS) is 17.6. The van der Waals surface area contributed by atoms with Crippen LogP contribution in [-0.2, 0) is 16.6 Å². The van der Waals surface area contributed by atoms with Crippen molar-refractivity contribution in [3.63, 3.8) is 0 Å². The van der Waals surface area contributed by atoms with E-state index in [2.05, 4.69) is 14.6 Å². The van der Waals surface area contributed by atoms with Crippen LogP contribution in [0.2, 0.25) is 0 Å². The van der Waals surface area contributed by atoms with Crippen molar-refractivity contribution in [1.82, 2.24) is 14.6 Å². The Hall–Kier alpha value is -1.28. The number of piperidine rings is 1. The van der Waals surface area contributed by atoms with E-state index < -0.39 is 10.0 Å². The van der Waals surface area contributed by atoms with Gasteiger partial charge >= 0.3 is 0 Å². The zero-order valence-electron chi connectivity index (χ0n) is 12.2.